The van der Waals surface area contributed by atoms with Crippen LogP contribution in [0.4, 0.5) is 0 Å². The van der Waals surface area contributed by atoms with E-state index in [2.05, 4.69) is 27.7 Å². The molecule has 2 heteroatoms. The number of hydrogen-bond acceptors (Lipinski definition) is 1. The van der Waals surface area contributed by atoms with E-state index >= 15 is 0 Å². The lowest BCUT2D eigenvalue weighted by Gasteiger charge is -2.40. The Hall–Kier alpha value is 0.177. The molecule has 1 heterocycles. The topological polar surface area (TPSA) is 9.23 Å². The smallest absolute Gasteiger partial charge is 0.192 e. The van der Waals surface area contributed by atoms with Crippen molar-refractivity contribution in [3.8, 4) is 0 Å². The first-order valence-electron chi connectivity index (χ1n) is 5.81. The predicted molar refractivity (Wildman–Crippen MR) is 60.5 cm³/mol. The molecule has 0 radical (unpaired) electrons. The fraction of sp³-hybridized carbons (Fsp3) is 1.00. The summed E-state index contributed by atoms with van der Waals surface area (Å²) in [7, 11) is -1.26. The van der Waals surface area contributed by atoms with Crippen molar-refractivity contribution in [2.75, 3.05) is 0 Å². The fourth-order valence-corrected chi connectivity index (χ4v) is 5.84. The summed E-state index contributed by atoms with van der Waals surface area (Å²) in [4.78, 5) is 0. The third kappa shape index (κ3) is 2.56. The quantitative estimate of drug-likeness (QED) is 0.630. The first kappa shape index (κ1) is 11.3. The summed E-state index contributed by atoms with van der Waals surface area (Å²) in [6.07, 6.45) is 3.28. The van der Waals surface area contributed by atoms with Crippen molar-refractivity contribution in [2.24, 2.45) is 5.92 Å². The van der Waals surface area contributed by atoms with Crippen molar-refractivity contribution in [1.29, 1.82) is 0 Å². The molecule has 0 N–H and O–H groups in total. The van der Waals surface area contributed by atoms with E-state index in [1.54, 1.807) is 0 Å². The third-order valence-electron chi connectivity index (χ3n) is 3.55. The lowest BCUT2D eigenvalue weighted by molar-refractivity contribution is 0.111. The van der Waals surface area contributed by atoms with Crippen LogP contribution in [0.25, 0.3) is 0 Å². The monoisotopic (exact) mass is 200 g/mol. The summed E-state index contributed by atoms with van der Waals surface area (Å²) in [5.74, 6) is 0.713. The van der Waals surface area contributed by atoms with Gasteiger partial charge in [0.25, 0.3) is 0 Å². The van der Waals surface area contributed by atoms with Gasteiger partial charge in [-0.05, 0) is 30.5 Å². The molecule has 13 heavy (non-hydrogen) atoms. The highest BCUT2D eigenvalue weighted by atomic mass is 28.4. The SMILES string of the molecule is CC[Si]1(CC)CCCC(C(C)C)O1. The maximum absolute atomic E-state index is 6.37. The zero-order valence-corrected chi connectivity index (χ0v) is 10.6. The summed E-state index contributed by atoms with van der Waals surface area (Å²) < 4.78 is 6.37. The Morgan fingerprint density at radius 2 is 1.92 bits per heavy atom. The van der Waals surface area contributed by atoms with Gasteiger partial charge in [0.15, 0.2) is 8.32 Å². The second-order valence-corrected chi connectivity index (χ2v) is 9.20. The van der Waals surface area contributed by atoms with Crippen LogP contribution in [-0.4, -0.2) is 14.4 Å². The molecule has 1 fully saturated rings. The minimum absolute atomic E-state index is 0.570. The highest BCUT2D eigenvalue weighted by molar-refractivity contribution is 6.73. The van der Waals surface area contributed by atoms with E-state index in [1.165, 1.54) is 31.0 Å². The average Bonchev–Trinajstić information content (AvgIpc) is 2.18. The number of hydrogen-bond donors (Lipinski definition) is 0. The van der Waals surface area contributed by atoms with Crippen molar-refractivity contribution in [2.45, 2.75) is 64.8 Å². The van der Waals surface area contributed by atoms with Gasteiger partial charge in [0, 0.05) is 6.10 Å². The highest BCUT2D eigenvalue weighted by Gasteiger charge is 2.37. The van der Waals surface area contributed by atoms with Gasteiger partial charge in [-0.15, -0.1) is 0 Å². The van der Waals surface area contributed by atoms with Crippen molar-refractivity contribution in [1.82, 2.24) is 0 Å². The Morgan fingerprint density at radius 3 is 2.38 bits per heavy atom. The van der Waals surface area contributed by atoms with Crippen LogP contribution < -0.4 is 0 Å². The van der Waals surface area contributed by atoms with Gasteiger partial charge in [0.1, 0.15) is 0 Å². The maximum Gasteiger partial charge on any atom is 0.192 e. The summed E-state index contributed by atoms with van der Waals surface area (Å²) in [5, 5.41) is 0. The average molecular weight is 200 g/mol. The van der Waals surface area contributed by atoms with Crippen LogP contribution in [0.5, 0.6) is 0 Å². The summed E-state index contributed by atoms with van der Waals surface area (Å²) in [6, 6.07) is 4.03. The molecule has 1 saturated heterocycles. The molecule has 0 bridgehead atoms. The Kier molecular flexibility index (Phi) is 3.99. The van der Waals surface area contributed by atoms with Crippen molar-refractivity contribution < 1.29 is 4.43 Å². The van der Waals surface area contributed by atoms with Gasteiger partial charge in [-0.1, -0.05) is 34.1 Å². The maximum atomic E-state index is 6.37. The van der Waals surface area contributed by atoms with E-state index in [4.69, 9.17) is 4.43 Å². The summed E-state index contributed by atoms with van der Waals surface area (Å²) in [6.45, 7) is 9.22. The molecule has 1 rings (SSSR count). The summed E-state index contributed by atoms with van der Waals surface area (Å²) >= 11 is 0. The molecule has 0 aromatic rings. The van der Waals surface area contributed by atoms with E-state index in [0.717, 1.165) is 0 Å². The molecule has 1 nitrogen and oxygen atoms in total. The molecular formula is C11H24OSi. The lowest BCUT2D eigenvalue weighted by atomic mass is 10.0. The van der Waals surface area contributed by atoms with Crippen molar-refractivity contribution in [3.05, 3.63) is 0 Å². The van der Waals surface area contributed by atoms with E-state index < -0.39 is 8.32 Å². The van der Waals surface area contributed by atoms with Gasteiger partial charge < -0.3 is 4.43 Å². The minimum atomic E-state index is -1.26. The van der Waals surface area contributed by atoms with Crippen LogP contribution in [0.1, 0.15) is 40.5 Å². The first-order chi connectivity index (χ1) is 6.13. The zero-order chi connectivity index (χ0) is 9.90. The molecular weight excluding hydrogens is 176 g/mol. The Morgan fingerprint density at radius 1 is 1.31 bits per heavy atom. The van der Waals surface area contributed by atoms with Crippen LogP contribution in [0.15, 0.2) is 0 Å². The molecule has 0 spiro atoms. The van der Waals surface area contributed by atoms with Gasteiger partial charge in [0.2, 0.25) is 0 Å². The van der Waals surface area contributed by atoms with Crippen LogP contribution in [0.3, 0.4) is 0 Å². The van der Waals surface area contributed by atoms with Crippen molar-refractivity contribution >= 4 is 8.32 Å². The minimum Gasteiger partial charge on any atom is -0.414 e. The molecule has 1 aliphatic heterocycles. The predicted octanol–water partition coefficient (Wildman–Crippen LogP) is 3.81. The van der Waals surface area contributed by atoms with Gasteiger partial charge in [-0.2, -0.15) is 0 Å². The molecule has 78 valence electrons. The Balaban J connectivity index is 2.58. The molecule has 0 aliphatic carbocycles. The summed E-state index contributed by atoms with van der Waals surface area (Å²) in [5.41, 5.74) is 0. The number of rotatable bonds is 3. The third-order valence-corrected chi connectivity index (χ3v) is 8.20. The van der Waals surface area contributed by atoms with Crippen LogP contribution >= 0.6 is 0 Å². The van der Waals surface area contributed by atoms with E-state index in [0.29, 0.717) is 12.0 Å². The van der Waals surface area contributed by atoms with Gasteiger partial charge in [-0.25, -0.2) is 0 Å². The molecule has 0 amide bonds. The molecule has 1 atom stereocenters. The van der Waals surface area contributed by atoms with Crippen LogP contribution in [-0.2, 0) is 4.43 Å². The van der Waals surface area contributed by atoms with E-state index in [1.807, 2.05) is 0 Å². The molecule has 0 aromatic carbocycles. The molecule has 1 aliphatic rings. The second kappa shape index (κ2) is 4.60. The van der Waals surface area contributed by atoms with E-state index in [-0.39, 0.29) is 0 Å². The largest absolute Gasteiger partial charge is 0.414 e. The highest BCUT2D eigenvalue weighted by Crippen LogP contribution is 2.34. The molecule has 0 saturated carbocycles. The van der Waals surface area contributed by atoms with Gasteiger partial charge in [-0.3, -0.25) is 0 Å². The zero-order valence-electron chi connectivity index (χ0n) is 9.60. The fourth-order valence-electron chi connectivity index (χ4n) is 2.30. The van der Waals surface area contributed by atoms with Gasteiger partial charge >= 0.3 is 0 Å². The normalized spacial score (nSPS) is 27.9. The second-order valence-electron chi connectivity index (χ2n) is 4.68. The molecule has 1 unspecified atom stereocenters. The molecule has 0 aromatic heterocycles. The van der Waals surface area contributed by atoms with Crippen molar-refractivity contribution in [3.63, 3.8) is 0 Å². The Bertz CT molecular complexity index is 152. The van der Waals surface area contributed by atoms with Gasteiger partial charge in [0.05, 0.1) is 0 Å². The first-order valence-corrected chi connectivity index (χ1v) is 8.34. The standard InChI is InChI=1S/C11H24OSi/c1-5-13(6-2)9-7-8-11(12-13)10(3)4/h10-11H,5-9H2,1-4H3. The van der Waals surface area contributed by atoms with Crippen LogP contribution in [0.2, 0.25) is 18.1 Å². The van der Waals surface area contributed by atoms with Crippen LogP contribution in [0, 0.1) is 5.92 Å². The van der Waals surface area contributed by atoms with E-state index in [9.17, 15) is 0 Å². The lowest BCUT2D eigenvalue weighted by Crippen LogP contribution is -2.45. The Labute approximate surface area is 84.0 Å².